The minimum Gasteiger partial charge on any atom is -0.399 e. The molecule has 2 rings (SSSR count). The maximum absolute atomic E-state index is 13.0. The fraction of sp³-hybridized carbons (Fsp3) is 0. The van der Waals surface area contributed by atoms with Crippen LogP contribution in [0.3, 0.4) is 0 Å². The molecule has 0 spiro atoms. The molecular weight excluding hydrogens is 299 g/mol. The van der Waals surface area contributed by atoms with Crippen LogP contribution in [0.5, 0.6) is 0 Å². The summed E-state index contributed by atoms with van der Waals surface area (Å²) in [6, 6.07) is 10.5. The minimum absolute atomic E-state index is 0.263. The van der Waals surface area contributed by atoms with Gasteiger partial charge in [0.25, 0.3) is 5.91 Å². The van der Waals surface area contributed by atoms with E-state index in [-0.39, 0.29) is 11.5 Å². The molecule has 0 heterocycles. The van der Waals surface area contributed by atoms with Crippen molar-refractivity contribution in [2.75, 3.05) is 11.1 Å². The molecule has 3 N–H and O–H groups in total. The Bertz CT molecular complexity index is 601. The number of benzene rings is 2. The van der Waals surface area contributed by atoms with Crippen LogP contribution < -0.4 is 11.1 Å². The fourth-order valence-electron chi connectivity index (χ4n) is 1.46. The van der Waals surface area contributed by atoms with Gasteiger partial charge < -0.3 is 11.1 Å². The Labute approximate surface area is 112 Å². The van der Waals surface area contributed by atoms with Gasteiger partial charge in [-0.15, -0.1) is 0 Å². The van der Waals surface area contributed by atoms with Crippen molar-refractivity contribution in [2.45, 2.75) is 0 Å². The van der Waals surface area contributed by atoms with Gasteiger partial charge in [-0.05, 0) is 52.3 Å². The van der Waals surface area contributed by atoms with Crippen LogP contribution in [-0.4, -0.2) is 5.91 Å². The minimum atomic E-state index is -0.445. The average molecular weight is 309 g/mol. The Morgan fingerprint density at radius 3 is 2.67 bits per heavy atom. The first-order chi connectivity index (χ1) is 8.56. The predicted molar refractivity (Wildman–Crippen MR) is 72.9 cm³/mol. The second kappa shape index (κ2) is 5.18. The van der Waals surface area contributed by atoms with E-state index in [0.717, 1.165) is 0 Å². The number of carbonyl (C=O) groups excluding carboxylic acids is 1. The van der Waals surface area contributed by atoms with Crippen molar-refractivity contribution in [3.63, 3.8) is 0 Å². The standard InChI is InChI=1S/C13H10BrFN2O/c14-11-7-10(16)4-5-12(11)17-13(18)8-2-1-3-9(15)6-8/h1-7H,16H2,(H,17,18). The molecule has 92 valence electrons. The summed E-state index contributed by atoms with van der Waals surface area (Å²) in [7, 11) is 0. The van der Waals surface area contributed by atoms with Gasteiger partial charge in [0.1, 0.15) is 5.82 Å². The largest absolute Gasteiger partial charge is 0.399 e. The van der Waals surface area contributed by atoms with Crippen LogP contribution in [0.4, 0.5) is 15.8 Å². The van der Waals surface area contributed by atoms with Crippen LogP contribution in [0.15, 0.2) is 46.9 Å². The smallest absolute Gasteiger partial charge is 0.255 e. The van der Waals surface area contributed by atoms with Crippen LogP contribution in [0.25, 0.3) is 0 Å². The lowest BCUT2D eigenvalue weighted by molar-refractivity contribution is 0.102. The molecule has 0 radical (unpaired) electrons. The molecule has 0 bridgehead atoms. The van der Waals surface area contributed by atoms with Crippen LogP contribution in [-0.2, 0) is 0 Å². The van der Waals surface area contributed by atoms with Gasteiger partial charge in [-0.3, -0.25) is 4.79 Å². The quantitative estimate of drug-likeness (QED) is 0.835. The summed E-state index contributed by atoms with van der Waals surface area (Å²) in [5.74, 6) is -0.820. The molecule has 0 fully saturated rings. The lowest BCUT2D eigenvalue weighted by Gasteiger charge is -2.08. The van der Waals surface area contributed by atoms with Gasteiger partial charge in [-0.2, -0.15) is 0 Å². The third kappa shape index (κ3) is 2.87. The normalized spacial score (nSPS) is 10.1. The Balaban J connectivity index is 2.21. The summed E-state index contributed by atoms with van der Waals surface area (Å²) in [6.45, 7) is 0. The molecule has 0 aliphatic rings. The molecule has 0 saturated carbocycles. The highest BCUT2D eigenvalue weighted by atomic mass is 79.9. The number of nitrogens with one attached hydrogen (secondary N) is 1. The molecule has 0 aliphatic carbocycles. The van der Waals surface area contributed by atoms with E-state index in [1.807, 2.05) is 0 Å². The van der Waals surface area contributed by atoms with Gasteiger partial charge in [0.15, 0.2) is 0 Å². The first kappa shape index (κ1) is 12.6. The second-order valence-electron chi connectivity index (χ2n) is 3.70. The van der Waals surface area contributed by atoms with Crippen molar-refractivity contribution >= 4 is 33.2 Å². The Morgan fingerprint density at radius 1 is 1.22 bits per heavy atom. The lowest BCUT2D eigenvalue weighted by Crippen LogP contribution is -2.12. The van der Waals surface area contributed by atoms with E-state index < -0.39 is 5.82 Å². The van der Waals surface area contributed by atoms with E-state index in [9.17, 15) is 9.18 Å². The molecular formula is C13H10BrFN2O. The summed E-state index contributed by atoms with van der Waals surface area (Å²) in [6.07, 6.45) is 0. The number of rotatable bonds is 2. The highest BCUT2D eigenvalue weighted by molar-refractivity contribution is 9.10. The first-order valence-electron chi connectivity index (χ1n) is 5.18. The van der Waals surface area contributed by atoms with E-state index in [1.165, 1.54) is 18.2 Å². The Morgan fingerprint density at radius 2 is 2.00 bits per heavy atom. The van der Waals surface area contributed by atoms with Crippen molar-refractivity contribution in [1.29, 1.82) is 0 Å². The van der Waals surface area contributed by atoms with Crippen LogP contribution >= 0.6 is 15.9 Å². The third-order valence-corrected chi connectivity index (χ3v) is 2.98. The number of anilines is 2. The van der Waals surface area contributed by atoms with Gasteiger partial charge in [-0.25, -0.2) is 4.39 Å². The van der Waals surface area contributed by atoms with E-state index in [0.29, 0.717) is 15.8 Å². The summed E-state index contributed by atoms with van der Waals surface area (Å²) < 4.78 is 13.7. The van der Waals surface area contributed by atoms with Crippen molar-refractivity contribution in [3.8, 4) is 0 Å². The molecule has 0 unspecified atom stereocenters. The number of amides is 1. The molecule has 1 amide bonds. The van der Waals surface area contributed by atoms with E-state index in [2.05, 4.69) is 21.2 Å². The maximum atomic E-state index is 13.0. The number of halogens is 2. The Hall–Kier alpha value is -1.88. The summed E-state index contributed by atoms with van der Waals surface area (Å²) in [4.78, 5) is 11.9. The highest BCUT2D eigenvalue weighted by Crippen LogP contribution is 2.25. The Kier molecular flexibility index (Phi) is 3.62. The van der Waals surface area contributed by atoms with Gasteiger partial charge in [-0.1, -0.05) is 6.07 Å². The molecule has 0 aromatic heterocycles. The summed E-state index contributed by atoms with van der Waals surface area (Å²) >= 11 is 3.29. The molecule has 2 aromatic rings. The zero-order valence-corrected chi connectivity index (χ0v) is 10.9. The van der Waals surface area contributed by atoms with Crippen molar-refractivity contribution in [2.24, 2.45) is 0 Å². The number of nitrogen functional groups attached to an aromatic ring is 1. The molecule has 3 nitrogen and oxygen atoms in total. The topological polar surface area (TPSA) is 55.1 Å². The number of nitrogens with two attached hydrogens (primary N) is 1. The molecule has 0 atom stereocenters. The first-order valence-corrected chi connectivity index (χ1v) is 5.97. The highest BCUT2D eigenvalue weighted by Gasteiger charge is 2.08. The predicted octanol–water partition coefficient (Wildman–Crippen LogP) is 3.42. The van der Waals surface area contributed by atoms with Crippen molar-refractivity contribution < 1.29 is 9.18 Å². The van der Waals surface area contributed by atoms with E-state index in [4.69, 9.17) is 5.73 Å². The second-order valence-corrected chi connectivity index (χ2v) is 4.56. The molecule has 0 aliphatic heterocycles. The van der Waals surface area contributed by atoms with Gasteiger partial charge in [0.05, 0.1) is 5.69 Å². The zero-order valence-electron chi connectivity index (χ0n) is 9.28. The lowest BCUT2D eigenvalue weighted by atomic mass is 10.2. The van der Waals surface area contributed by atoms with E-state index >= 15 is 0 Å². The SMILES string of the molecule is Nc1ccc(NC(=O)c2cccc(F)c2)c(Br)c1. The molecule has 5 heteroatoms. The fourth-order valence-corrected chi connectivity index (χ4v) is 1.95. The van der Waals surface area contributed by atoms with Crippen molar-refractivity contribution in [3.05, 3.63) is 58.3 Å². The monoisotopic (exact) mass is 308 g/mol. The average Bonchev–Trinajstić information content (AvgIpc) is 2.32. The maximum Gasteiger partial charge on any atom is 0.255 e. The molecule has 18 heavy (non-hydrogen) atoms. The number of hydrogen-bond acceptors (Lipinski definition) is 2. The van der Waals surface area contributed by atoms with Crippen LogP contribution in [0.1, 0.15) is 10.4 Å². The number of hydrogen-bond donors (Lipinski definition) is 2. The summed E-state index contributed by atoms with van der Waals surface area (Å²) in [5, 5.41) is 2.67. The van der Waals surface area contributed by atoms with Gasteiger partial charge >= 0.3 is 0 Å². The van der Waals surface area contributed by atoms with Gasteiger partial charge in [0.2, 0.25) is 0 Å². The molecule has 0 saturated heterocycles. The number of carbonyl (C=O) groups is 1. The van der Waals surface area contributed by atoms with E-state index in [1.54, 1.807) is 24.3 Å². The zero-order chi connectivity index (χ0) is 13.1. The summed E-state index contributed by atoms with van der Waals surface area (Å²) in [5.41, 5.74) is 7.03. The third-order valence-electron chi connectivity index (χ3n) is 2.33. The van der Waals surface area contributed by atoms with Crippen LogP contribution in [0, 0.1) is 5.82 Å². The van der Waals surface area contributed by atoms with Crippen molar-refractivity contribution in [1.82, 2.24) is 0 Å². The van der Waals surface area contributed by atoms with Crippen LogP contribution in [0.2, 0.25) is 0 Å². The van der Waals surface area contributed by atoms with Gasteiger partial charge in [0, 0.05) is 15.7 Å². The molecule has 2 aromatic carbocycles.